The lowest BCUT2D eigenvalue weighted by Crippen LogP contribution is -2.30. The maximum Gasteiger partial charge on any atom is 0.224 e. The highest BCUT2D eigenvalue weighted by Gasteiger charge is 2.20. The number of carbonyl (C=O) groups is 2. The van der Waals surface area contributed by atoms with Gasteiger partial charge in [0.2, 0.25) is 5.91 Å². The molecule has 1 atom stereocenters. The van der Waals surface area contributed by atoms with Crippen molar-refractivity contribution in [1.82, 2.24) is 14.9 Å². The summed E-state index contributed by atoms with van der Waals surface area (Å²) < 4.78 is 2.16. The molecule has 1 N–H and O–H groups in total. The SMILES string of the molecule is C=C1NC(=O)CCC1C.CCc1cc(-c2nc(-c3ccc(C)cc3)c(-c3ccccc3)n2C)ccc1C(C)=O. The maximum absolute atomic E-state index is 12.0. The van der Waals surface area contributed by atoms with E-state index in [1.807, 2.05) is 18.2 Å². The molecule has 0 spiro atoms. The Morgan fingerprint density at radius 3 is 2.28 bits per heavy atom. The number of carbonyl (C=O) groups excluding carboxylic acids is 2. The quantitative estimate of drug-likeness (QED) is 0.277. The summed E-state index contributed by atoms with van der Waals surface area (Å²) in [5, 5.41) is 2.70. The van der Waals surface area contributed by atoms with Crippen molar-refractivity contribution < 1.29 is 9.59 Å². The first kappa shape index (κ1) is 27.8. The number of piperidine rings is 1. The fraction of sp³-hybridized carbons (Fsp3) is 0.265. The van der Waals surface area contributed by atoms with Crippen LogP contribution in [0.4, 0.5) is 0 Å². The van der Waals surface area contributed by atoms with Gasteiger partial charge in [-0.25, -0.2) is 4.98 Å². The van der Waals surface area contributed by atoms with Crippen molar-refractivity contribution in [1.29, 1.82) is 0 Å². The molecule has 1 amide bonds. The van der Waals surface area contributed by atoms with Crippen LogP contribution in [0.3, 0.4) is 0 Å². The van der Waals surface area contributed by atoms with Gasteiger partial charge in [-0.1, -0.05) is 92.7 Å². The number of rotatable bonds is 5. The molecule has 0 radical (unpaired) electrons. The van der Waals surface area contributed by atoms with Gasteiger partial charge in [0.05, 0.1) is 11.4 Å². The van der Waals surface area contributed by atoms with Crippen LogP contribution in [-0.4, -0.2) is 21.2 Å². The van der Waals surface area contributed by atoms with Crippen LogP contribution in [0.25, 0.3) is 33.9 Å². The minimum absolute atomic E-state index is 0.101. The fourth-order valence-corrected chi connectivity index (χ4v) is 4.85. The zero-order valence-corrected chi connectivity index (χ0v) is 23.5. The molecule has 0 saturated carbocycles. The average Bonchev–Trinajstić information content (AvgIpc) is 3.28. The van der Waals surface area contributed by atoms with Gasteiger partial charge < -0.3 is 9.88 Å². The van der Waals surface area contributed by atoms with Crippen LogP contribution in [0.1, 0.15) is 55.1 Å². The number of benzene rings is 3. The topological polar surface area (TPSA) is 64.0 Å². The second kappa shape index (κ2) is 12.1. The summed E-state index contributed by atoms with van der Waals surface area (Å²) in [6.07, 6.45) is 2.41. The summed E-state index contributed by atoms with van der Waals surface area (Å²) >= 11 is 0. The Labute approximate surface area is 231 Å². The van der Waals surface area contributed by atoms with E-state index in [9.17, 15) is 9.59 Å². The van der Waals surface area contributed by atoms with E-state index in [0.29, 0.717) is 12.3 Å². The van der Waals surface area contributed by atoms with Gasteiger partial charge in [-0.15, -0.1) is 0 Å². The molecule has 1 aromatic heterocycles. The average molecular weight is 520 g/mol. The minimum Gasteiger partial charge on any atom is -0.330 e. The normalized spacial score (nSPS) is 14.8. The van der Waals surface area contributed by atoms with Gasteiger partial charge in [0.25, 0.3) is 0 Å². The van der Waals surface area contributed by atoms with E-state index in [1.54, 1.807) is 6.92 Å². The summed E-state index contributed by atoms with van der Waals surface area (Å²) in [7, 11) is 2.06. The molecule has 1 unspecified atom stereocenters. The molecule has 1 aliphatic rings. The maximum atomic E-state index is 12.0. The van der Waals surface area contributed by atoms with E-state index < -0.39 is 0 Å². The fourth-order valence-electron chi connectivity index (χ4n) is 4.85. The zero-order chi connectivity index (χ0) is 28.1. The molecular weight excluding hydrogens is 482 g/mol. The summed E-state index contributed by atoms with van der Waals surface area (Å²) in [5.41, 5.74) is 9.24. The molecule has 1 saturated heterocycles. The van der Waals surface area contributed by atoms with Crippen molar-refractivity contribution in [2.75, 3.05) is 0 Å². The van der Waals surface area contributed by atoms with Crippen LogP contribution >= 0.6 is 0 Å². The van der Waals surface area contributed by atoms with Crippen molar-refractivity contribution in [3.63, 3.8) is 0 Å². The van der Waals surface area contributed by atoms with Crippen LogP contribution in [0.2, 0.25) is 0 Å². The molecule has 5 nitrogen and oxygen atoms in total. The molecule has 1 fully saturated rings. The van der Waals surface area contributed by atoms with Crippen molar-refractivity contribution in [2.45, 2.75) is 47.0 Å². The predicted molar refractivity (Wildman–Crippen MR) is 159 cm³/mol. The van der Waals surface area contributed by atoms with E-state index in [-0.39, 0.29) is 11.7 Å². The van der Waals surface area contributed by atoms with E-state index in [0.717, 1.165) is 63.6 Å². The number of aromatic nitrogens is 2. The summed E-state index contributed by atoms with van der Waals surface area (Å²) in [5.74, 6) is 1.57. The molecule has 5 rings (SSSR count). The van der Waals surface area contributed by atoms with E-state index in [2.05, 4.69) is 98.9 Å². The largest absolute Gasteiger partial charge is 0.330 e. The highest BCUT2D eigenvalue weighted by Crippen LogP contribution is 2.36. The summed E-state index contributed by atoms with van der Waals surface area (Å²) in [6, 6.07) is 24.9. The number of allylic oxidation sites excluding steroid dienone is 1. The highest BCUT2D eigenvalue weighted by atomic mass is 16.1. The van der Waals surface area contributed by atoms with Crippen molar-refractivity contribution in [2.24, 2.45) is 13.0 Å². The second-order valence-electron chi connectivity index (χ2n) is 10.2. The molecule has 4 aromatic rings. The molecule has 0 bridgehead atoms. The number of aryl methyl sites for hydroxylation is 2. The summed E-state index contributed by atoms with van der Waals surface area (Å²) in [4.78, 5) is 27.7. The molecule has 39 heavy (non-hydrogen) atoms. The van der Waals surface area contributed by atoms with Crippen LogP contribution < -0.4 is 5.32 Å². The third-order valence-corrected chi connectivity index (χ3v) is 7.29. The number of imidazole rings is 1. The molecule has 2 heterocycles. The Kier molecular flexibility index (Phi) is 8.60. The van der Waals surface area contributed by atoms with E-state index >= 15 is 0 Å². The minimum atomic E-state index is 0.101. The first-order valence-corrected chi connectivity index (χ1v) is 13.5. The lowest BCUT2D eigenvalue weighted by Gasteiger charge is -2.20. The molecule has 3 aromatic carbocycles. The van der Waals surface area contributed by atoms with Gasteiger partial charge in [0.15, 0.2) is 5.78 Å². The zero-order valence-electron chi connectivity index (χ0n) is 23.5. The molecule has 200 valence electrons. The van der Waals surface area contributed by atoms with Crippen LogP contribution in [0.15, 0.2) is 85.1 Å². The molecular formula is C34H37N3O2. The smallest absolute Gasteiger partial charge is 0.224 e. The Bertz CT molecular complexity index is 1500. The van der Waals surface area contributed by atoms with Crippen LogP contribution in [-0.2, 0) is 18.3 Å². The number of nitrogens with one attached hydrogen (secondary N) is 1. The third-order valence-electron chi connectivity index (χ3n) is 7.29. The number of nitrogens with zero attached hydrogens (tertiary/aromatic N) is 2. The first-order chi connectivity index (χ1) is 18.7. The van der Waals surface area contributed by atoms with Crippen LogP contribution in [0, 0.1) is 12.8 Å². The number of hydrogen-bond acceptors (Lipinski definition) is 3. The van der Waals surface area contributed by atoms with Gasteiger partial charge in [0, 0.05) is 41.4 Å². The Hall–Kier alpha value is -4.25. The van der Waals surface area contributed by atoms with Crippen molar-refractivity contribution in [3.05, 3.63) is 102 Å². The lowest BCUT2D eigenvalue weighted by atomic mass is 9.98. The predicted octanol–water partition coefficient (Wildman–Crippen LogP) is 7.54. The first-order valence-electron chi connectivity index (χ1n) is 13.5. The van der Waals surface area contributed by atoms with Crippen molar-refractivity contribution in [3.8, 4) is 33.9 Å². The standard InChI is InChI=1S/C27H26N2O.C7H11NO/c1-5-20-17-23(15-16-24(20)19(3)30)27-28-25(21-13-11-18(2)12-14-21)26(29(27)4)22-9-7-6-8-10-22;1-5-3-4-7(9)8-6(5)2/h6-17H,5H2,1-4H3;5H,2-4H2,1H3,(H,8,9). The van der Waals surface area contributed by atoms with Gasteiger partial charge in [-0.05, 0) is 44.2 Å². The number of Topliss-reactive ketones (excluding diaryl/α,β-unsaturated/α-hetero) is 1. The Balaban J connectivity index is 0.000000333. The van der Waals surface area contributed by atoms with E-state index in [1.165, 1.54) is 5.56 Å². The molecule has 5 heteroatoms. The van der Waals surface area contributed by atoms with Crippen LogP contribution in [0.5, 0.6) is 0 Å². The summed E-state index contributed by atoms with van der Waals surface area (Å²) in [6.45, 7) is 11.6. The Morgan fingerprint density at radius 2 is 1.69 bits per heavy atom. The van der Waals surface area contributed by atoms with Gasteiger partial charge in [-0.2, -0.15) is 0 Å². The number of amides is 1. The lowest BCUT2D eigenvalue weighted by molar-refractivity contribution is -0.121. The second-order valence-corrected chi connectivity index (χ2v) is 10.2. The highest BCUT2D eigenvalue weighted by molar-refractivity contribution is 5.96. The number of ketones is 1. The van der Waals surface area contributed by atoms with E-state index in [4.69, 9.17) is 4.98 Å². The van der Waals surface area contributed by atoms with Crippen molar-refractivity contribution >= 4 is 11.7 Å². The molecule has 1 aliphatic heterocycles. The monoisotopic (exact) mass is 519 g/mol. The number of hydrogen-bond donors (Lipinski definition) is 1. The van der Waals surface area contributed by atoms with Gasteiger partial charge >= 0.3 is 0 Å². The Morgan fingerprint density at radius 1 is 1.03 bits per heavy atom. The van der Waals surface area contributed by atoms with Gasteiger partial charge in [-0.3, -0.25) is 9.59 Å². The third kappa shape index (κ3) is 6.26. The van der Waals surface area contributed by atoms with Gasteiger partial charge in [0.1, 0.15) is 5.82 Å². The molecule has 0 aliphatic carbocycles.